The van der Waals surface area contributed by atoms with E-state index in [0.717, 1.165) is 11.3 Å². The highest BCUT2D eigenvalue weighted by Gasteiger charge is 2.02. The van der Waals surface area contributed by atoms with E-state index in [9.17, 15) is 4.79 Å². The van der Waals surface area contributed by atoms with Crippen molar-refractivity contribution in [3.05, 3.63) is 29.8 Å². The van der Waals surface area contributed by atoms with Gasteiger partial charge >= 0.3 is 0 Å². The molecule has 0 fully saturated rings. The van der Waals surface area contributed by atoms with Gasteiger partial charge in [-0.1, -0.05) is 12.1 Å². The molecule has 1 rings (SSSR count). The molecule has 100 valence electrons. The number of nitrogens with two attached hydrogens (primary N) is 1. The smallest absolute Gasteiger partial charge is 0.224 e. The Morgan fingerprint density at radius 2 is 2.00 bits per heavy atom. The number of nitrogens with one attached hydrogen (secondary N) is 1. The molecular weight excluding hydrogens is 232 g/mol. The minimum atomic E-state index is -0.0388. The van der Waals surface area contributed by atoms with Crippen LogP contribution in [0.4, 0.5) is 5.69 Å². The molecule has 0 heterocycles. The summed E-state index contributed by atoms with van der Waals surface area (Å²) in [4.78, 5) is 11.6. The van der Waals surface area contributed by atoms with Gasteiger partial charge in [0.05, 0.1) is 13.2 Å². The molecule has 0 bridgehead atoms. The van der Waals surface area contributed by atoms with Crippen LogP contribution in [0.25, 0.3) is 0 Å². The molecule has 0 unspecified atom stereocenters. The van der Waals surface area contributed by atoms with Crippen LogP contribution in [0.3, 0.4) is 0 Å². The number of anilines is 1. The number of aliphatic hydroxyl groups is 1. The lowest BCUT2D eigenvalue weighted by atomic mass is 10.2. The second-order valence-corrected chi connectivity index (χ2v) is 3.89. The number of hydrogen-bond acceptors (Lipinski definition) is 4. The van der Waals surface area contributed by atoms with Crippen molar-refractivity contribution in [2.24, 2.45) is 5.73 Å². The number of carbonyl (C=O) groups is 1. The van der Waals surface area contributed by atoms with E-state index in [4.69, 9.17) is 15.6 Å². The molecule has 0 saturated carbocycles. The van der Waals surface area contributed by atoms with Gasteiger partial charge in [-0.15, -0.1) is 0 Å². The van der Waals surface area contributed by atoms with E-state index in [-0.39, 0.29) is 12.5 Å². The molecule has 18 heavy (non-hydrogen) atoms. The molecule has 1 amide bonds. The first kappa shape index (κ1) is 14.6. The Kier molecular flexibility index (Phi) is 7.01. The molecule has 0 aromatic heterocycles. The summed E-state index contributed by atoms with van der Waals surface area (Å²) < 4.78 is 5.07. The van der Waals surface area contributed by atoms with Gasteiger partial charge in [0, 0.05) is 25.3 Å². The minimum absolute atomic E-state index is 0.0136. The van der Waals surface area contributed by atoms with E-state index in [0.29, 0.717) is 32.6 Å². The van der Waals surface area contributed by atoms with Crippen LogP contribution in [0.2, 0.25) is 0 Å². The number of hydrogen-bond donors (Lipinski definition) is 3. The number of aliphatic hydroxyl groups excluding tert-OH is 1. The van der Waals surface area contributed by atoms with Crippen molar-refractivity contribution in [1.29, 1.82) is 0 Å². The summed E-state index contributed by atoms with van der Waals surface area (Å²) in [5.41, 5.74) is 7.29. The van der Waals surface area contributed by atoms with E-state index in [1.54, 1.807) is 0 Å². The van der Waals surface area contributed by atoms with Crippen LogP contribution < -0.4 is 11.1 Å². The van der Waals surface area contributed by atoms with Crippen LogP contribution in [0.1, 0.15) is 18.4 Å². The standard InChI is InChI=1S/C13H20N2O3/c14-10-11-3-5-12(6-4-11)15-13(17)2-1-8-18-9-7-16/h3-6,16H,1-2,7-10,14H2,(H,15,17). The maximum atomic E-state index is 11.6. The van der Waals surface area contributed by atoms with Crippen molar-refractivity contribution >= 4 is 11.6 Å². The highest BCUT2D eigenvalue weighted by Crippen LogP contribution is 2.09. The molecule has 0 radical (unpaired) electrons. The quantitative estimate of drug-likeness (QED) is 0.599. The average molecular weight is 252 g/mol. The summed E-state index contributed by atoms with van der Waals surface area (Å²) in [5, 5.41) is 11.3. The molecule has 4 N–H and O–H groups in total. The van der Waals surface area contributed by atoms with Crippen molar-refractivity contribution in [1.82, 2.24) is 0 Å². The molecule has 0 saturated heterocycles. The zero-order chi connectivity index (χ0) is 13.2. The third kappa shape index (κ3) is 5.77. The Bertz CT molecular complexity index is 352. The molecule has 0 aliphatic carbocycles. The van der Waals surface area contributed by atoms with Gasteiger partial charge in [0.25, 0.3) is 0 Å². The summed E-state index contributed by atoms with van der Waals surface area (Å²) in [6.07, 6.45) is 1.05. The zero-order valence-corrected chi connectivity index (χ0v) is 10.4. The van der Waals surface area contributed by atoms with Gasteiger partial charge in [-0.2, -0.15) is 0 Å². The Labute approximate surface area is 107 Å². The number of ether oxygens (including phenoxy) is 1. The van der Waals surface area contributed by atoms with Gasteiger partial charge in [-0.3, -0.25) is 4.79 Å². The zero-order valence-electron chi connectivity index (χ0n) is 10.4. The molecule has 5 heteroatoms. The monoisotopic (exact) mass is 252 g/mol. The molecule has 1 aromatic rings. The van der Waals surface area contributed by atoms with Crippen molar-refractivity contribution in [2.75, 3.05) is 25.1 Å². The fourth-order valence-electron chi connectivity index (χ4n) is 1.45. The van der Waals surface area contributed by atoms with Crippen molar-refractivity contribution in [2.45, 2.75) is 19.4 Å². The number of rotatable bonds is 8. The minimum Gasteiger partial charge on any atom is -0.394 e. The van der Waals surface area contributed by atoms with Crippen LogP contribution in [-0.4, -0.2) is 30.8 Å². The van der Waals surface area contributed by atoms with E-state index >= 15 is 0 Å². The lowest BCUT2D eigenvalue weighted by molar-refractivity contribution is -0.116. The lowest BCUT2D eigenvalue weighted by Crippen LogP contribution is -2.12. The van der Waals surface area contributed by atoms with Gasteiger partial charge < -0.3 is 20.9 Å². The third-order valence-corrected chi connectivity index (χ3v) is 2.40. The second kappa shape index (κ2) is 8.63. The van der Waals surface area contributed by atoms with Crippen LogP contribution in [0.15, 0.2) is 24.3 Å². The van der Waals surface area contributed by atoms with Gasteiger partial charge in [0.1, 0.15) is 0 Å². The van der Waals surface area contributed by atoms with Crippen LogP contribution in [-0.2, 0) is 16.1 Å². The highest BCUT2D eigenvalue weighted by atomic mass is 16.5. The Morgan fingerprint density at radius 1 is 1.28 bits per heavy atom. The average Bonchev–Trinajstić information content (AvgIpc) is 2.39. The van der Waals surface area contributed by atoms with E-state index in [1.165, 1.54) is 0 Å². The van der Waals surface area contributed by atoms with Gasteiger partial charge in [0.15, 0.2) is 0 Å². The summed E-state index contributed by atoms with van der Waals surface area (Å²) in [5.74, 6) is -0.0388. The predicted molar refractivity (Wildman–Crippen MR) is 70.1 cm³/mol. The highest BCUT2D eigenvalue weighted by molar-refractivity contribution is 5.90. The van der Waals surface area contributed by atoms with Crippen LogP contribution in [0.5, 0.6) is 0 Å². The maximum Gasteiger partial charge on any atom is 0.224 e. The van der Waals surface area contributed by atoms with Crippen LogP contribution in [0, 0.1) is 0 Å². The fraction of sp³-hybridized carbons (Fsp3) is 0.462. The van der Waals surface area contributed by atoms with Gasteiger partial charge in [0.2, 0.25) is 5.91 Å². The molecule has 0 atom stereocenters. The molecule has 5 nitrogen and oxygen atoms in total. The number of benzene rings is 1. The Morgan fingerprint density at radius 3 is 2.61 bits per heavy atom. The Hall–Kier alpha value is -1.43. The number of carbonyl (C=O) groups excluding carboxylic acids is 1. The topological polar surface area (TPSA) is 84.6 Å². The molecule has 0 aliphatic rings. The first-order chi connectivity index (χ1) is 8.76. The van der Waals surface area contributed by atoms with E-state index < -0.39 is 0 Å². The van der Waals surface area contributed by atoms with Gasteiger partial charge in [-0.05, 0) is 24.1 Å². The summed E-state index contributed by atoms with van der Waals surface area (Å²) in [6, 6.07) is 7.45. The van der Waals surface area contributed by atoms with E-state index in [2.05, 4.69) is 5.32 Å². The largest absolute Gasteiger partial charge is 0.394 e. The summed E-state index contributed by atoms with van der Waals surface area (Å²) >= 11 is 0. The maximum absolute atomic E-state index is 11.6. The number of amides is 1. The molecule has 0 aliphatic heterocycles. The molecule has 1 aromatic carbocycles. The van der Waals surface area contributed by atoms with Crippen LogP contribution >= 0.6 is 0 Å². The summed E-state index contributed by atoms with van der Waals surface area (Å²) in [6.45, 7) is 1.32. The normalized spacial score (nSPS) is 10.3. The SMILES string of the molecule is NCc1ccc(NC(=O)CCCOCCO)cc1. The molecule has 0 spiro atoms. The van der Waals surface area contributed by atoms with Gasteiger partial charge in [-0.25, -0.2) is 0 Å². The summed E-state index contributed by atoms with van der Waals surface area (Å²) in [7, 11) is 0. The van der Waals surface area contributed by atoms with E-state index in [1.807, 2.05) is 24.3 Å². The molecular formula is C13H20N2O3. The predicted octanol–water partition coefficient (Wildman–Crippen LogP) is 0.873. The Balaban J connectivity index is 2.22. The third-order valence-electron chi connectivity index (χ3n) is 2.40. The first-order valence-corrected chi connectivity index (χ1v) is 6.03. The second-order valence-electron chi connectivity index (χ2n) is 3.89. The first-order valence-electron chi connectivity index (χ1n) is 6.03. The van der Waals surface area contributed by atoms with Crippen molar-refractivity contribution in [3.63, 3.8) is 0 Å². The fourth-order valence-corrected chi connectivity index (χ4v) is 1.45. The lowest BCUT2D eigenvalue weighted by Gasteiger charge is -2.06. The van der Waals surface area contributed by atoms with Crippen molar-refractivity contribution < 1.29 is 14.6 Å². The van der Waals surface area contributed by atoms with Crippen molar-refractivity contribution in [3.8, 4) is 0 Å².